The maximum Gasteiger partial charge on any atom is 0.293 e. The van der Waals surface area contributed by atoms with Crippen molar-refractivity contribution in [2.75, 3.05) is 11.0 Å². The van der Waals surface area contributed by atoms with E-state index in [1.165, 1.54) is 20.0 Å². The number of halogens is 5. The van der Waals surface area contributed by atoms with Crippen LogP contribution in [-0.4, -0.2) is 56.3 Å². The number of amides is 1. The van der Waals surface area contributed by atoms with E-state index in [4.69, 9.17) is 16.6 Å². The number of sulfonamides is 1. The molecule has 7 rings (SSSR count). The van der Waals surface area contributed by atoms with Gasteiger partial charge in [0.25, 0.3) is 5.92 Å². The number of hydrogen-bond donors (Lipinski definition) is 4. The molecule has 0 bridgehead atoms. The quantitative estimate of drug-likeness (QED) is 0.0815. The number of benzene rings is 2. The summed E-state index contributed by atoms with van der Waals surface area (Å²) >= 11 is 6.24. The van der Waals surface area contributed by atoms with Crippen molar-refractivity contribution in [3.05, 3.63) is 94.1 Å². The van der Waals surface area contributed by atoms with Crippen molar-refractivity contribution >= 4 is 44.3 Å². The molecule has 0 saturated heterocycles. The van der Waals surface area contributed by atoms with E-state index in [1.807, 2.05) is 0 Å². The molecule has 17 heteroatoms. The molecule has 2 aliphatic carbocycles. The van der Waals surface area contributed by atoms with Gasteiger partial charge in [0.1, 0.15) is 35.2 Å². The van der Waals surface area contributed by atoms with E-state index < -0.39 is 57.6 Å². The average molecular weight is 770 g/mol. The second-order valence-corrected chi connectivity index (χ2v) is 15.8. The van der Waals surface area contributed by atoms with Crippen molar-refractivity contribution < 1.29 is 35.9 Å². The van der Waals surface area contributed by atoms with Gasteiger partial charge in [-0.1, -0.05) is 18.1 Å². The Morgan fingerprint density at radius 3 is 2.57 bits per heavy atom. The summed E-state index contributed by atoms with van der Waals surface area (Å²) in [5.74, 6) is -1.26. The van der Waals surface area contributed by atoms with Crippen molar-refractivity contribution in [1.29, 1.82) is 0 Å². The highest BCUT2D eigenvalue weighted by Gasteiger charge is 2.65. The van der Waals surface area contributed by atoms with E-state index in [-0.39, 0.29) is 46.7 Å². The highest BCUT2D eigenvalue weighted by atomic mass is 35.5. The van der Waals surface area contributed by atoms with E-state index in [0.29, 0.717) is 45.6 Å². The minimum atomic E-state index is -3.76. The van der Waals surface area contributed by atoms with Gasteiger partial charge in [0, 0.05) is 39.9 Å². The minimum absolute atomic E-state index is 0.00712. The Morgan fingerprint density at radius 1 is 1.17 bits per heavy atom. The second kappa shape index (κ2) is 13.2. The molecule has 0 radical (unpaired) electrons. The first-order chi connectivity index (χ1) is 24.9. The number of H-pyrrole nitrogens is 1. The number of carbonyl (C=O) groups excluding carboxylic acids is 1. The lowest BCUT2D eigenvalue weighted by atomic mass is 9.93. The summed E-state index contributed by atoms with van der Waals surface area (Å²) in [6.45, 7) is 2.37. The second-order valence-electron chi connectivity index (χ2n) is 13.8. The number of alkyl halides is 3. The van der Waals surface area contributed by atoms with Crippen molar-refractivity contribution in [3.63, 3.8) is 0 Å². The fourth-order valence-electron chi connectivity index (χ4n) is 6.87. The molecule has 2 aliphatic rings. The number of hydrogen-bond acceptors (Lipinski definition) is 7. The lowest BCUT2D eigenvalue weighted by Crippen LogP contribution is -2.35. The van der Waals surface area contributed by atoms with Gasteiger partial charge in [0.2, 0.25) is 15.9 Å². The van der Waals surface area contributed by atoms with Crippen LogP contribution in [0.25, 0.3) is 22.0 Å². The van der Waals surface area contributed by atoms with E-state index >= 15 is 8.78 Å². The number of carbonyl (C=O) groups is 1. The number of pyridine rings is 1. The zero-order valence-electron chi connectivity index (χ0n) is 28.4. The van der Waals surface area contributed by atoms with Crippen LogP contribution in [0.3, 0.4) is 0 Å². The van der Waals surface area contributed by atoms with E-state index in [9.17, 15) is 27.1 Å². The molecule has 3 aromatic heterocycles. The highest BCUT2D eigenvalue weighted by molar-refractivity contribution is 7.92. The zero-order valence-corrected chi connectivity index (χ0v) is 30.0. The SMILES string of the molecule is CC(C)(O)C#Cc1ccc(-c2ccc(CCl)c3c(NS(C)(=O)=O)n[nH]c23)c([C@H](Cc2cc(F)cc(F)c2)NC(=O)Cn2ncc3c2C(F)(F)[C@@H]2C[C@H]32)n1. The zero-order chi connectivity index (χ0) is 38.0. The number of aliphatic hydroxyl groups is 1. The predicted octanol–water partition coefficient (Wildman–Crippen LogP) is 5.64. The van der Waals surface area contributed by atoms with Crippen LogP contribution in [0.1, 0.15) is 66.0 Å². The van der Waals surface area contributed by atoms with Crippen molar-refractivity contribution in [1.82, 2.24) is 30.3 Å². The molecular formula is C36H32ClF4N7O4S. The third kappa shape index (κ3) is 7.33. The number of aromatic amines is 1. The number of rotatable bonds is 10. The van der Waals surface area contributed by atoms with E-state index in [0.717, 1.165) is 23.1 Å². The number of fused-ring (bicyclic) bond motifs is 4. The number of nitrogens with zero attached hydrogens (tertiary/aromatic N) is 4. The van der Waals surface area contributed by atoms with Gasteiger partial charge in [-0.25, -0.2) is 22.2 Å². The van der Waals surface area contributed by atoms with Crippen LogP contribution in [0.2, 0.25) is 0 Å². The molecule has 3 heterocycles. The molecule has 0 aliphatic heterocycles. The Balaban J connectivity index is 1.37. The summed E-state index contributed by atoms with van der Waals surface area (Å²) in [5, 5.41) is 24.6. The van der Waals surface area contributed by atoms with Crippen LogP contribution < -0.4 is 10.0 Å². The van der Waals surface area contributed by atoms with E-state index in [2.05, 4.69) is 37.2 Å². The third-order valence-corrected chi connectivity index (χ3v) is 9.96. The van der Waals surface area contributed by atoms with Gasteiger partial charge in [-0.05, 0) is 73.9 Å². The molecular weight excluding hydrogens is 738 g/mol. The molecule has 1 saturated carbocycles. The van der Waals surface area contributed by atoms with E-state index in [1.54, 1.807) is 24.3 Å². The van der Waals surface area contributed by atoms with Crippen molar-refractivity contribution in [2.45, 2.75) is 62.6 Å². The van der Waals surface area contributed by atoms with Crippen molar-refractivity contribution in [2.24, 2.45) is 5.92 Å². The first-order valence-electron chi connectivity index (χ1n) is 16.4. The topological polar surface area (TPSA) is 155 Å². The predicted molar refractivity (Wildman–Crippen MR) is 188 cm³/mol. The summed E-state index contributed by atoms with van der Waals surface area (Å²) in [4.78, 5) is 18.5. The Labute approximate surface area is 306 Å². The van der Waals surface area contributed by atoms with Crippen LogP contribution in [0.5, 0.6) is 0 Å². The molecule has 0 unspecified atom stereocenters. The molecule has 4 N–H and O–H groups in total. The summed E-state index contributed by atoms with van der Waals surface area (Å²) < 4.78 is 87.0. The van der Waals surface area contributed by atoms with Gasteiger partial charge in [-0.15, -0.1) is 11.6 Å². The standard InChI is InChI=1S/C36H32ClF4N7O4S/c1-35(2,50)9-8-22-5-7-23(24-6-4-19(15-37)30-32(24)45-46-34(30)47-53(3,51)52)31(43-22)28(12-18-10-20(38)13-21(39)11-18)44-29(49)17-48-33-26(16-42-48)25-14-27(25)36(33,40)41/h4-7,10-11,13,16,25,27-28,50H,12,14-15,17H2,1-3H3,(H,44,49)(H2,45,46,47)/t25-,27-,28+/m1/s1. The van der Waals surface area contributed by atoms with Gasteiger partial charge in [0.05, 0.1) is 29.7 Å². The number of anilines is 1. The molecule has 11 nitrogen and oxygen atoms in total. The first kappa shape index (κ1) is 36.4. The maximum atomic E-state index is 15.2. The smallest absolute Gasteiger partial charge is 0.293 e. The highest BCUT2D eigenvalue weighted by Crippen LogP contribution is 2.66. The summed E-state index contributed by atoms with van der Waals surface area (Å²) in [6, 6.07) is 8.29. The molecule has 276 valence electrons. The van der Waals surface area contributed by atoms with Gasteiger partial charge < -0.3 is 10.4 Å². The maximum absolute atomic E-state index is 15.2. The first-order valence-corrected chi connectivity index (χ1v) is 18.8. The molecule has 5 aromatic rings. The molecule has 53 heavy (non-hydrogen) atoms. The van der Waals surface area contributed by atoms with Crippen LogP contribution in [0.4, 0.5) is 23.4 Å². The Hall–Kier alpha value is -4.98. The Kier molecular flexibility index (Phi) is 9.03. The molecule has 0 spiro atoms. The molecule has 2 aromatic carbocycles. The summed E-state index contributed by atoms with van der Waals surface area (Å²) in [5.41, 5.74) is 0.846. The van der Waals surface area contributed by atoms with Crippen molar-refractivity contribution in [3.8, 4) is 23.0 Å². The van der Waals surface area contributed by atoms with Crippen LogP contribution in [0.15, 0.2) is 48.7 Å². The molecule has 1 amide bonds. The fourth-order valence-corrected chi connectivity index (χ4v) is 7.59. The van der Waals surface area contributed by atoms with Crippen LogP contribution >= 0.6 is 11.6 Å². The van der Waals surface area contributed by atoms with Gasteiger partial charge in [0.15, 0.2) is 5.82 Å². The number of nitrogens with one attached hydrogen (secondary N) is 3. The number of aromatic nitrogens is 5. The van der Waals surface area contributed by atoms with Gasteiger partial charge in [-0.2, -0.15) is 19.0 Å². The lowest BCUT2D eigenvalue weighted by Gasteiger charge is -2.23. The molecule has 3 atom stereocenters. The minimum Gasteiger partial charge on any atom is -0.378 e. The van der Waals surface area contributed by atoms with Gasteiger partial charge >= 0.3 is 0 Å². The van der Waals surface area contributed by atoms with Crippen LogP contribution in [0, 0.1) is 29.4 Å². The average Bonchev–Trinajstić information content (AvgIpc) is 3.52. The fraction of sp³-hybridized carbons (Fsp3) is 0.333. The Bertz CT molecular complexity index is 2450. The Morgan fingerprint density at radius 2 is 1.89 bits per heavy atom. The third-order valence-electron chi connectivity index (χ3n) is 9.11. The summed E-state index contributed by atoms with van der Waals surface area (Å²) in [7, 11) is -3.76. The largest absolute Gasteiger partial charge is 0.378 e. The lowest BCUT2D eigenvalue weighted by molar-refractivity contribution is -0.122. The molecule has 1 fully saturated rings. The normalized spacial score (nSPS) is 17.8. The summed E-state index contributed by atoms with van der Waals surface area (Å²) in [6.07, 6.45) is 2.47. The van der Waals surface area contributed by atoms with Gasteiger partial charge in [-0.3, -0.25) is 19.3 Å². The monoisotopic (exact) mass is 769 g/mol. The van der Waals surface area contributed by atoms with Crippen LogP contribution in [-0.2, 0) is 39.6 Å².